The van der Waals surface area contributed by atoms with E-state index in [1.54, 1.807) is 34.5 Å². The maximum Gasteiger partial charge on any atom is 0.225 e. The fourth-order valence-electron chi connectivity index (χ4n) is 3.28. The van der Waals surface area contributed by atoms with Crippen molar-refractivity contribution in [3.8, 4) is 23.0 Å². The Morgan fingerprint density at radius 3 is 2.23 bits per heavy atom. The molecule has 1 N–H and O–H groups in total. The second-order valence-corrected chi connectivity index (χ2v) is 6.92. The van der Waals surface area contributed by atoms with Gasteiger partial charge in [-0.3, -0.25) is 4.79 Å². The number of methoxy groups -OCH3 is 4. The monoisotopic (exact) mass is 445 g/mol. The van der Waals surface area contributed by atoms with Gasteiger partial charge in [0.25, 0.3) is 0 Å². The molecule has 31 heavy (non-hydrogen) atoms. The van der Waals surface area contributed by atoms with Crippen LogP contribution in [0.5, 0.6) is 23.0 Å². The average molecular weight is 446 g/mol. The summed E-state index contributed by atoms with van der Waals surface area (Å²) in [7, 11) is 6.22. The maximum atomic E-state index is 12.1. The number of ether oxygens (including phenoxy) is 4. The SMILES string of the molecule is COc1ccc(C2=C(c3cc(OC)c(OC)c(OC)c3)N=NC2)cc1NC(=O)CCCl. The van der Waals surface area contributed by atoms with Crippen LogP contribution in [0.2, 0.25) is 0 Å². The number of nitrogens with zero attached hydrogens (tertiary/aromatic N) is 2. The van der Waals surface area contributed by atoms with Crippen LogP contribution < -0.4 is 24.3 Å². The summed E-state index contributed by atoms with van der Waals surface area (Å²) < 4.78 is 21.7. The molecule has 0 saturated carbocycles. The van der Waals surface area contributed by atoms with E-state index in [1.165, 1.54) is 0 Å². The van der Waals surface area contributed by atoms with Crippen molar-refractivity contribution in [2.24, 2.45) is 10.2 Å². The Kier molecular flexibility index (Phi) is 7.36. The number of carbonyl (C=O) groups excluding carboxylic acids is 1. The third-order valence-corrected chi connectivity index (χ3v) is 4.96. The van der Waals surface area contributed by atoms with Crippen LogP contribution in [0.1, 0.15) is 17.5 Å². The first-order valence-electron chi connectivity index (χ1n) is 9.51. The van der Waals surface area contributed by atoms with Gasteiger partial charge in [-0.05, 0) is 29.8 Å². The van der Waals surface area contributed by atoms with E-state index >= 15 is 0 Å². The van der Waals surface area contributed by atoms with E-state index in [0.29, 0.717) is 40.9 Å². The lowest BCUT2D eigenvalue weighted by molar-refractivity contribution is -0.115. The number of halogens is 1. The van der Waals surface area contributed by atoms with E-state index in [0.717, 1.165) is 16.7 Å². The Hall–Kier alpha value is -3.26. The summed E-state index contributed by atoms with van der Waals surface area (Å²) in [4.78, 5) is 12.1. The highest BCUT2D eigenvalue weighted by Crippen LogP contribution is 2.43. The molecule has 1 heterocycles. The van der Waals surface area contributed by atoms with Gasteiger partial charge in [-0.1, -0.05) is 6.07 Å². The summed E-state index contributed by atoms with van der Waals surface area (Å²) in [6, 6.07) is 9.19. The normalized spacial score (nSPS) is 12.7. The summed E-state index contributed by atoms with van der Waals surface area (Å²) >= 11 is 5.68. The van der Waals surface area contributed by atoms with Gasteiger partial charge in [-0.25, -0.2) is 0 Å². The quantitative estimate of drug-likeness (QED) is 0.568. The second-order valence-electron chi connectivity index (χ2n) is 6.54. The van der Waals surface area contributed by atoms with Gasteiger partial charge in [0, 0.05) is 23.4 Å². The minimum absolute atomic E-state index is 0.190. The molecule has 164 valence electrons. The molecule has 0 fully saturated rings. The first-order valence-corrected chi connectivity index (χ1v) is 10.0. The third-order valence-electron chi connectivity index (χ3n) is 4.77. The molecule has 0 spiro atoms. The van der Waals surface area contributed by atoms with Crippen molar-refractivity contribution in [3.63, 3.8) is 0 Å². The van der Waals surface area contributed by atoms with Gasteiger partial charge in [0.05, 0.1) is 46.4 Å². The summed E-state index contributed by atoms with van der Waals surface area (Å²) in [5, 5.41) is 11.4. The number of benzene rings is 2. The fourth-order valence-corrected chi connectivity index (χ4v) is 3.45. The average Bonchev–Trinajstić information content (AvgIpc) is 3.28. The first-order chi connectivity index (χ1) is 15.1. The molecule has 1 aliphatic rings. The van der Waals surface area contributed by atoms with E-state index in [1.807, 2.05) is 24.3 Å². The van der Waals surface area contributed by atoms with Crippen molar-refractivity contribution in [1.29, 1.82) is 0 Å². The lowest BCUT2D eigenvalue weighted by atomic mass is 9.99. The summed E-state index contributed by atoms with van der Waals surface area (Å²) in [6.45, 7) is 0.396. The maximum absolute atomic E-state index is 12.1. The van der Waals surface area contributed by atoms with Gasteiger partial charge in [-0.15, -0.1) is 11.6 Å². The molecule has 3 rings (SSSR count). The zero-order valence-electron chi connectivity index (χ0n) is 17.8. The Balaban J connectivity index is 2.08. The highest BCUT2D eigenvalue weighted by Gasteiger charge is 2.22. The minimum Gasteiger partial charge on any atom is -0.495 e. The molecule has 0 radical (unpaired) electrons. The predicted octanol–water partition coefficient (Wildman–Crippen LogP) is 4.62. The van der Waals surface area contributed by atoms with Crippen molar-refractivity contribution in [2.75, 3.05) is 46.2 Å². The highest BCUT2D eigenvalue weighted by molar-refractivity contribution is 6.19. The van der Waals surface area contributed by atoms with Crippen molar-refractivity contribution in [3.05, 3.63) is 41.5 Å². The molecule has 0 bridgehead atoms. The number of hydrogen-bond acceptors (Lipinski definition) is 7. The largest absolute Gasteiger partial charge is 0.495 e. The highest BCUT2D eigenvalue weighted by atomic mass is 35.5. The van der Waals surface area contributed by atoms with Crippen LogP contribution in [0.4, 0.5) is 5.69 Å². The summed E-state index contributed by atoms with van der Waals surface area (Å²) in [5.41, 5.74) is 3.76. The molecule has 1 amide bonds. The number of anilines is 1. The van der Waals surface area contributed by atoms with Crippen LogP contribution in [-0.4, -0.2) is 46.8 Å². The molecule has 9 heteroatoms. The fraction of sp³-hybridized carbons (Fsp3) is 0.318. The van der Waals surface area contributed by atoms with E-state index < -0.39 is 0 Å². The van der Waals surface area contributed by atoms with Crippen molar-refractivity contribution in [1.82, 2.24) is 0 Å². The van der Waals surface area contributed by atoms with Crippen LogP contribution in [0.25, 0.3) is 11.3 Å². The smallest absolute Gasteiger partial charge is 0.225 e. The predicted molar refractivity (Wildman–Crippen MR) is 120 cm³/mol. The van der Waals surface area contributed by atoms with E-state index in [-0.39, 0.29) is 18.2 Å². The molecule has 0 atom stereocenters. The zero-order valence-corrected chi connectivity index (χ0v) is 18.6. The van der Waals surface area contributed by atoms with Gasteiger partial charge >= 0.3 is 0 Å². The lowest BCUT2D eigenvalue weighted by Crippen LogP contribution is -2.12. The molecule has 8 nitrogen and oxygen atoms in total. The molecular weight excluding hydrogens is 422 g/mol. The molecule has 0 unspecified atom stereocenters. The van der Waals surface area contributed by atoms with E-state index in [2.05, 4.69) is 15.5 Å². The first kappa shape index (κ1) is 22.4. The van der Waals surface area contributed by atoms with Gasteiger partial charge < -0.3 is 24.3 Å². The molecular formula is C22H24ClN3O5. The number of alkyl halides is 1. The number of nitrogens with one attached hydrogen (secondary N) is 1. The van der Waals surface area contributed by atoms with Gasteiger partial charge in [0.2, 0.25) is 11.7 Å². The van der Waals surface area contributed by atoms with E-state index in [9.17, 15) is 4.79 Å². The lowest BCUT2D eigenvalue weighted by Gasteiger charge is -2.15. The van der Waals surface area contributed by atoms with Crippen molar-refractivity contribution in [2.45, 2.75) is 6.42 Å². The van der Waals surface area contributed by atoms with Gasteiger partial charge in [0.15, 0.2) is 11.5 Å². The van der Waals surface area contributed by atoms with Crippen LogP contribution in [0, 0.1) is 0 Å². The number of hydrogen-bond donors (Lipinski definition) is 1. The zero-order chi connectivity index (χ0) is 22.4. The van der Waals surface area contributed by atoms with Crippen molar-refractivity contribution < 1.29 is 23.7 Å². The van der Waals surface area contributed by atoms with Crippen molar-refractivity contribution >= 4 is 34.5 Å². The molecule has 1 aliphatic heterocycles. The molecule has 0 aliphatic carbocycles. The number of carbonyl (C=O) groups is 1. The Bertz CT molecular complexity index is 1010. The van der Waals surface area contributed by atoms with E-state index in [4.69, 9.17) is 30.5 Å². The minimum atomic E-state index is -0.190. The topological polar surface area (TPSA) is 90.7 Å². The Labute approximate surface area is 185 Å². The Morgan fingerprint density at radius 2 is 1.65 bits per heavy atom. The van der Waals surface area contributed by atoms with Crippen LogP contribution in [-0.2, 0) is 4.79 Å². The summed E-state index contributed by atoms with van der Waals surface area (Å²) in [6.07, 6.45) is 0.207. The number of azo groups is 1. The third kappa shape index (κ3) is 4.74. The molecule has 2 aromatic carbocycles. The van der Waals surface area contributed by atoms with Gasteiger partial charge in [-0.2, -0.15) is 10.2 Å². The van der Waals surface area contributed by atoms with Crippen LogP contribution >= 0.6 is 11.6 Å². The second kappa shape index (κ2) is 10.2. The number of amides is 1. The molecule has 0 aromatic heterocycles. The standard InChI is InChI=1S/C22H24ClN3O5/c1-28-17-6-5-13(9-16(17)25-20(27)7-8-23)15-12-24-26-21(15)14-10-18(29-2)22(31-4)19(11-14)30-3/h5-6,9-11H,7-8,12H2,1-4H3,(H,25,27). The molecule has 0 saturated heterocycles. The van der Waals surface area contributed by atoms with Crippen LogP contribution in [0.3, 0.4) is 0 Å². The van der Waals surface area contributed by atoms with Crippen LogP contribution in [0.15, 0.2) is 40.6 Å². The summed E-state index contributed by atoms with van der Waals surface area (Å²) in [5.74, 6) is 2.14. The Morgan fingerprint density at radius 1 is 0.968 bits per heavy atom. The number of rotatable bonds is 9. The molecule has 2 aromatic rings. The van der Waals surface area contributed by atoms with Gasteiger partial charge in [0.1, 0.15) is 5.75 Å².